The van der Waals surface area contributed by atoms with Crippen LogP contribution in [0.1, 0.15) is 23.0 Å². The molecule has 1 aromatic heterocycles. The summed E-state index contributed by atoms with van der Waals surface area (Å²) in [7, 11) is 0. The SMILES string of the molecule is CC(=O)Nc1ccc(NC(=O)c2cnc(Nc3ccc(C)c(Cl)c3)cn2)cc1. The predicted molar refractivity (Wildman–Crippen MR) is 110 cm³/mol. The zero-order chi connectivity index (χ0) is 20.1. The Bertz CT molecular complexity index is 1000. The van der Waals surface area contributed by atoms with Gasteiger partial charge in [-0.3, -0.25) is 9.59 Å². The van der Waals surface area contributed by atoms with E-state index in [9.17, 15) is 9.59 Å². The average molecular weight is 396 g/mol. The number of nitrogens with one attached hydrogen (secondary N) is 3. The van der Waals surface area contributed by atoms with E-state index >= 15 is 0 Å². The van der Waals surface area contributed by atoms with Crippen LogP contribution in [0.4, 0.5) is 22.9 Å². The molecule has 0 aliphatic carbocycles. The summed E-state index contributed by atoms with van der Waals surface area (Å²) < 4.78 is 0. The predicted octanol–water partition coefficient (Wildman–Crippen LogP) is 4.39. The van der Waals surface area contributed by atoms with Crippen molar-refractivity contribution in [2.45, 2.75) is 13.8 Å². The standard InChI is InChI=1S/C20H18ClN5O2/c1-12-3-4-16(9-17(12)21)25-19-11-22-18(10-23-19)20(28)26-15-7-5-14(6-8-15)24-13(2)27/h3-11H,1-2H3,(H,23,25)(H,24,27)(H,26,28). The lowest BCUT2D eigenvalue weighted by Gasteiger charge is -2.08. The van der Waals surface area contributed by atoms with Gasteiger partial charge >= 0.3 is 0 Å². The van der Waals surface area contributed by atoms with Crippen LogP contribution in [0.25, 0.3) is 0 Å². The third kappa shape index (κ3) is 5.05. The second-order valence-corrected chi connectivity index (χ2v) is 6.50. The van der Waals surface area contributed by atoms with Gasteiger partial charge in [-0.05, 0) is 48.9 Å². The molecular weight excluding hydrogens is 378 g/mol. The summed E-state index contributed by atoms with van der Waals surface area (Å²) in [5.41, 5.74) is 3.17. The van der Waals surface area contributed by atoms with Crippen LogP contribution < -0.4 is 16.0 Å². The zero-order valence-electron chi connectivity index (χ0n) is 15.3. The van der Waals surface area contributed by atoms with Gasteiger partial charge in [0.2, 0.25) is 5.91 Å². The maximum absolute atomic E-state index is 12.3. The van der Waals surface area contributed by atoms with Gasteiger partial charge in [-0.25, -0.2) is 9.97 Å². The average Bonchev–Trinajstić information content (AvgIpc) is 2.66. The molecule has 0 radical (unpaired) electrons. The second kappa shape index (κ2) is 8.49. The van der Waals surface area contributed by atoms with Crippen LogP contribution in [0.5, 0.6) is 0 Å². The monoisotopic (exact) mass is 395 g/mol. The molecule has 2 aromatic carbocycles. The van der Waals surface area contributed by atoms with Crippen molar-refractivity contribution in [2.24, 2.45) is 0 Å². The first-order valence-corrected chi connectivity index (χ1v) is 8.83. The maximum atomic E-state index is 12.3. The van der Waals surface area contributed by atoms with Crippen LogP contribution in [0, 0.1) is 6.92 Å². The Morgan fingerprint density at radius 2 is 1.54 bits per heavy atom. The molecule has 0 spiro atoms. The quantitative estimate of drug-likeness (QED) is 0.595. The van der Waals surface area contributed by atoms with E-state index in [0.29, 0.717) is 22.2 Å². The Morgan fingerprint density at radius 1 is 0.893 bits per heavy atom. The summed E-state index contributed by atoms with van der Waals surface area (Å²) in [4.78, 5) is 31.7. The van der Waals surface area contributed by atoms with Gasteiger partial charge in [0.25, 0.3) is 5.91 Å². The molecule has 0 aliphatic rings. The van der Waals surface area contributed by atoms with Gasteiger partial charge in [-0.15, -0.1) is 0 Å². The summed E-state index contributed by atoms with van der Waals surface area (Å²) in [5, 5.41) is 9.13. The van der Waals surface area contributed by atoms with Crippen molar-refractivity contribution >= 4 is 46.3 Å². The Morgan fingerprint density at radius 3 is 2.11 bits per heavy atom. The molecule has 0 saturated heterocycles. The van der Waals surface area contributed by atoms with Crippen molar-refractivity contribution in [2.75, 3.05) is 16.0 Å². The van der Waals surface area contributed by atoms with Crippen LogP contribution in [0.3, 0.4) is 0 Å². The Labute approximate surface area is 167 Å². The Hall–Kier alpha value is -3.45. The van der Waals surface area contributed by atoms with Gasteiger partial charge in [0, 0.05) is 29.0 Å². The summed E-state index contributed by atoms with van der Waals surface area (Å²) in [5.74, 6) is -0.0468. The highest BCUT2D eigenvalue weighted by Crippen LogP contribution is 2.22. The topological polar surface area (TPSA) is 96.0 Å². The minimum atomic E-state index is -0.385. The summed E-state index contributed by atoms with van der Waals surface area (Å²) in [6.07, 6.45) is 2.86. The third-order valence-corrected chi connectivity index (χ3v) is 4.20. The minimum Gasteiger partial charge on any atom is -0.339 e. The van der Waals surface area contributed by atoms with E-state index in [1.54, 1.807) is 30.3 Å². The fourth-order valence-electron chi connectivity index (χ4n) is 2.36. The molecule has 7 nitrogen and oxygen atoms in total. The Kier molecular flexibility index (Phi) is 5.86. The first-order chi connectivity index (χ1) is 13.4. The van der Waals surface area contributed by atoms with Crippen LogP contribution in [0.2, 0.25) is 5.02 Å². The van der Waals surface area contributed by atoms with Crippen LogP contribution in [-0.2, 0) is 4.79 Å². The molecule has 142 valence electrons. The first-order valence-electron chi connectivity index (χ1n) is 8.45. The smallest absolute Gasteiger partial charge is 0.275 e. The number of aryl methyl sites for hydroxylation is 1. The van der Waals surface area contributed by atoms with E-state index in [1.807, 2.05) is 19.1 Å². The number of nitrogens with zero attached hydrogens (tertiary/aromatic N) is 2. The van der Waals surface area contributed by atoms with Crippen molar-refractivity contribution in [3.8, 4) is 0 Å². The van der Waals surface area contributed by atoms with Crippen LogP contribution in [-0.4, -0.2) is 21.8 Å². The molecule has 3 rings (SSSR count). The van der Waals surface area contributed by atoms with Crippen LogP contribution in [0.15, 0.2) is 54.9 Å². The summed E-state index contributed by atoms with van der Waals surface area (Å²) in [6, 6.07) is 12.3. The maximum Gasteiger partial charge on any atom is 0.275 e. The van der Waals surface area contributed by atoms with Gasteiger partial charge in [0.15, 0.2) is 0 Å². The summed E-state index contributed by atoms with van der Waals surface area (Å²) >= 11 is 6.11. The van der Waals surface area contributed by atoms with Gasteiger partial charge in [-0.2, -0.15) is 0 Å². The number of carbonyl (C=O) groups excluding carboxylic acids is 2. The number of carbonyl (C=O) groups is 2. The number of halogens is 1. The number of rotatable bonds is 5. The number of hydrogen-bond acceptors (Lipinski definition) is 5. The summed E-state index contributed by atoms with van der Waals surface area (Å²) in [6.45, 7) is 3.35. The van der Waals surface area contributed by atoms with Gasteiger partial charge in [0.05, 0.1) is 12.4 Å². The van der Waals surface area contributed by atoms with E-state index in [2.05, 4.69) is 25.9 Å². The fourth-order valence-corrected chi connectivity index (χ4v) is 2.54. The lowest BCUT2D eigenvalue weighted by molar-refractivity contribution is -0.114. The molecule has 0 saturated carbocycles. The fraction of sp³-hybridized carbons (Fsp3) is 0.100. The molecule has 8 heteroatoms. The number of aromatic nitrogens is 2. The van der Waals surface area contributed by atoms with E-state index in [0.717, 1.165) is 11.3 Å². The van der Waals surface area contributed by atoms with E-state index in [-0.39, 0.29) is 17.5 Å². The van der Waals surface area contributed by atoms with Crippen molar-refractivity contribution in [3.63, 3.8) is 0 Å². The largest absolute Gasteiger partial charge is 0.339 e. The second-order valence-electron chi connectivity index (χ2n) is 6.09. The van der Waals surface area contributed by atoms with Gasteiger partial charge in [-0.1, -0.05) is 17.7 Å². The van der Waals surface area contributed by atoms with E-state index in [4.69, 9.17) is 11.6 Å². The number of anilines is 4. The molecule has 0 unspecified atom stereocenters. The molecule has 0 fully saturated rings. The van der Waals surface area contributed by atoms with E-state index in [1.165, 1.54) is 19.3 Å². The highest BCUT2D eigenvalue weighted by Gasteiger charge is 2.09. The third-order valence-electron chi connectivity index (χ3n) is 3.79. The molecule has 0 aliphatic heterocycles. The highest BCUT2D eigenvalue weighted by molar-refractivity contribution is 6.31. The highest BCUT2D eigenvalue weighted by atomic mass is 35.5. The zero-order valence-corrected chi connectivity index (χ0v) is 16.0. The van der Waals surface area contributed by atoms with E-state index < -0.39 is 0 Å². The molecule has 0 bridgehead atoms. The molecular formula is C20H18ClN5O2. The number of amides is 2. The molecule has 1 heterocycles. The molecule has 2 amide bonds. The molecule has 0 atom stereocenters. The van der Waals surface area contributed by atoms with Crippen molar-refractivity contribution < 1.29 is 9.59 Å². The lowest BCUT2D eigenvalue weighted by atomic mass is 10.2. The Balaban J connectivity index is 1.63. The van der Waals surface area contributed by atoms with Gasteiger partial charge in [0.1, 0.15) is 11.5 Å². The number of benzene rings is 2. The molecule has 3 aromatic rings. The minimum absolute atomic E-state index is 0.159. The van der Waals surface area contributed by atoms with Crippen molar-refractivity contribution in [3.05, 3.63) is 71.1 Å². The number of hydrogen-bond donors (Lipinski definition) is 3. The van der Waals surface area contributed by atoms with Gasteiger partial charge < -0.3 is 16.0 Å². The van der Waals surface area contributed by atoms with Crippen LogP contribution >= 0.6 is 11.6 Å². The normalized spacial score (nSPS) is 10.2. The lowest BCUT2D eigenvalue weighted by Crippen LogP contribution is -2.14. The van der Waals surface area contributed by atoms with Crippen molar-refractivity contribution in [1.82, 2.24) is 9.97 Å². The van der Waals surface area contributed by atoms with Crippen molar-refractivity contribution in [1.29, 1.82) is 0 Å². The molecule has 3 N–H and O–H groups in total. The molecule has 28 heavy (non-hydrogen) atoms. The first kappa shape index (κ1) is 19.3.